The van der Waals surface area contributed by atoms with Gasteiger partial charge in [-0.3, -0.25) is 4.79 Å². The van der Waals surface area contributed by atoms with Gasteiger partial charge in [-0.2, -0.15) is 4.99 Å². The zero-order valence-electron chi connectivity index (χ0n) is 13.2. The molecule has 0 saturated carbocycles. The smallest absolute Gasteiger partial charge is 0.317 e. The molecule has 0 N–H and O–H groups in total. The summed E-state index contributed by atoms with van der Waals surface area (Å²) in [5.41, 5.74) is 0.808. The fourth-order valence-corrected chi connectivity index (χ4v) is 3.35. The third kappa shape index (κ3) is 3.65. The molecule has 1 aliphatic rings. The van der Waals surface area contributed by atoms with Crippen LogP contribution in [0.5, 0.6) is 0 Å². The van der Waals surface area contributed by atoms with Crippen molar-refractivity contribution in [3.63, 3.8) is 0 Å². The summed E-state index contributed by atoms with van der Waals surface area (Å²) in [6.45, 7) is 4.22. The average Bonchev–Trinajstić information content (AvgIpc) is 2.92. The number of carbonyl (C=O) groups is 1. The van der Waals surface area contributed by atoms with Gasteiger partial charge in [-0.15, -0.1) is 0 Å². The lowest BCUT2D eigenvalue weighted by molar-refractivity contribution is -0.119. The van der Waals surface area contributed by atoms with Crippen LogP contribution in [-0.2, 0) is 25.5 Å². The SMILES string of the molecule is CCOCCn1c(=NC(=O)C2=COCCO2)sc2cc(F)ccc21. The van der Waals surface area contributed by atoms with Crippen molar-refractivity contribution in [3.8, 4) is 0 Å². The molecule has 1 amide bonds. The second-order valence-corrected chi connectivity index (χ2v) is 5.97. The molecule has 24 heavy (non-hydrogen) atoms. The van der Waals surface area contributed by atoms with E-state index in [4.69, 9.17) is 14.2 Å². The number of benzene rings is 1. The predicted molar refractivity (Wildman–Crippen MR) is 86.8 cm³/mol. The van der Waals surface area contributed by atoms with Crippen LogP contribution < -0.4 is 4.80 Å². The second kappa shape index (κ2) is 7.59. The van der Waals surface area contributed by atoms with Crippen molar-refractivity contribution in [2.24, 2.45) is 4.99 Å². The molecular weight excluding hydrogens is 335 g/mol. The minimum atomic E-state index is -0.521. The Morgan fingerprint density at radius 3 is 3.08 bits per heavy atom. The first-order valence-electron chi connectivity index (χ1n) is 7.59. The molecular formula is C16H17FN2O4S. The first-order valence-corrected chi connectivity index (χ1v) is 8.41. The maximum atomic E-state index is 13.5. The van der Waals surface area contributed by atoms with Gasteiger partial charge in [-0.25, -0.2) is 4.39 Å². The van der Waals surface area contributed by atoms with E-state index >= 15 is 0 Å². The van der Waals surface area contributed by atoms with Gasteiger partial charge in [0.1, 0.15) is 25.3 Å². The summed E-state index contributed by atoms with van der Waals surface area (Å²) in [6.07, 6.45) is 1.27. The average molecular weight is 352 g/mol. The maximum Gasteiger partial charge on any atom is 0.317 e. The molecule has 1 aliphatic heterocycles. The van der Waals surface area contributed by atoms with E-state index in [2.05, 4.69) is 4.99 Å². The van der Waals surface area contributed by atoms with Crippen molar-refractivity contribution in [2.75, 3.05) is 26.4 Å². The number of thiazole rings is 1. The normalized spacial score (nSPS) is 15.1. The third-order valence-electron chi connectivity index (χ3n) is 3.37. The molecule has 0 aliphatic carbocycles. The van der Waals surface area contributed by atoms with Crippen LogP contribution in [0.3, 0.4) is 0 Å². The number of amides is 1. The van der Waals surface area contributed by atoms with E-state index < -0.39 is 5.91 Å². The summed E-state index contributed by atoms with van der Waals surface area (Å²) in [5.74, 6) is -0.779. The Morgan fingerprint density at radius 2 is 2.33 bits per heavy atom. The van der Waals surface area contributed by atoms with Crippen LogP contribution in [-0.4, -0.2) is 36.9 Å². The molecule has 3 rings (SSSR count). The zero-order chi connectivity index (χ0) is 16.9. The third-order valence-corrected chi connectivity index (χ3v) is 4.41. The molecule has 1 aromatic heterocycles. The van der Waals surface area contributed by atoms with Gasteiger partial charge in [-0.1, -0.05) is 11.3 Å². The summed E-state index contributed by atoms with van der Waals surface area (Å²) < 4.78 is 31.7. The number of aromatic nitrogens is 1. The van der Waals surface area contributed by atoms with Crippen LogP contribution in [0.15, 0.2) is 35.2 Å². The van der Waals surface area contributed by atoms with E-state index in [-0.39, 0.29) is 11.6 Å². The second-order valence-electron chi connectivity index (χ2n) is 4.96. The fourth-order valence-electron chi connectivity index (χ4n) is 2.27. The maximum absolute atomic E-state index is 13.5. The van der Waals surface area contributed by atoms with E-state index in [0.29, 0.717) is 42.5 Å². The van der Waals surface area contributed by atoms with E-state index in [1.807, 2.05) is 11.5 Å². The molecule has 0 saturated heterocycles. The lowest BCUT2D eigenvalue weighted by Gasteiger charge is -2.12. The molecule has 6 nitrogen and oxygen atoms in total. The molecule has 0 bridgehead atoms. The first-order chi connectivity index (χ1) is 11.7. The van der Waals surface area contributed by atoms with Crippen LogP contribution in [0.1, 0.15) is 6.92 Å². The largest absolute Gasteiger partial charge is 0.494 e. The van der Waals surface area contributed by atoms with Crippen LogP contribution in [0.25, 0.3) is 10.2 Å². The molecule has 0 radical (unpaired) electrons. The van der Waals surface area contributed by atoms with Gasteiger partial charge in [0.2, 0.25) is 5.76 Å². The Morgan fingerprint density at radius 1 is 1.46 bits per heavy atom. The van der Waals surface area contributed by atoms with Gasteiger partial charge in [0, 0.05) is 13.2 Å². The highest BCUT2D eigenvalue weighted by molar-refractivity contribution is 7.16. The van der Waals surface area contributed by atoms with Crippen molar-refractivity contribution >= 4 is 27.5 Å². The Hall–Kier alpha value is -2.19. The van der Waals surface area contributed by atoms with E-state index in [1.54, 1.807) is 6.07 Å². The summed E-state index contributed by atoms with van der Waals surface area (Å²) >= 11 is 1.24. The highest BCUT2D eigenvalue weighted by Crippen LogP contribution is 2.19. The lowest BCUT2D eigenvalue weighted by Crippen LogP contribution is -2.21. The molecule has 0 atom stereocenters. The molecule has 2 aromatic rings. The van der Waals surface area contributed by atoms with E-state index in [1.165, 1.54) is 29.7 Å². The van der Waals surface area contributed by atoms with Gasteiger partial charge < -0.3 is 18.8 Å². The topological polar surface area (TPSA) is 62.1 Å². The molecule has 1 aromatic carbocycles. The number of fused-ring (bicyclic) bond motifs is 1. The van der Waals surface area contributed by atoms with E-state index in [0.717, 1.165) is 5.52 Å². The van der Waals surface area contributed by atoms with Gasteiger partial charge in [-0.05, 0) is 25.1 Å². The fraction of sp³-hybridized carbons (Fsp3) is 0.375. The van der Waals surface area contributed by atoms with Crippen LogP contribution in [0.4, 0.5) is 4.39 Å². The Labute approximate surface area is 141 Å². The van der Waals surface area contributed by atoms with Crippen molar-refractivity contribution in [1.29, 1.82) is 0 Å². The number of rotatable bonds is 5. The quantitative estimate of drug-likeness (QED) is 0.774. The molecule has 8 heteroatoms. The standard InChI is InChI=1S/C16H17FN2O4S/c1-2-21-6-5-19-12-4-3-11(17)9-14(12)24-16(19)18-15(20)13-10-22-7-8-23-13/h3-4,9-10H,2,5-8H2,1H3. The van der Waals surface area contributed by atoms with Crippen LogP contribution in [0.2, 0.25) is 0 Å². The van der Waals surface area contributed by atoms with Crippen molar-refractivity contribution < 1.29 is 23.4 Å². The Bertz CT molecular complexity index is 840. The summed E-state index contributed by atoms with van der Waals surface area (Å²) in [6, 6.07) is 4.49. The molecule has 0 spiro atoms. The number of nitrogens with zero attached hydrogens (tertiary/aromatic N) is 2. The van der Waals surface area contributed by atoms with Gasteiger partial charge in [0.05, 0.1) is 16.8 Å². The minimum absolute atomic E-state index is 0.0706. The van der Waals surface area contributed by atoms with Crippen LogP contribution in [0, 0.1) is 5.82 Å². The molecule has 0 fully saturated rings. The molecule has 0 unspecified atom stereocenters. The highest BCUT2D eigenvalue weighted by atomic mass is 32.1. The summed E-state index contributed by atoms with van der Waals surface area (Å²) in [7, 11) is 0. The van der Waals surface area contributed by atoms with Crippen molar-refractivity contribution in [3.05, 3.63) is 40.8 Å². The van der Waals surface area contributed by atoms with Gasteiger partial charge in [0.25, 0.3) is 0 Å². The number of hydrogen-bond donors (Lipinski definition) is 0. The van der Waals surface area contributed by atoms with Crippen LogP contribution >= 0.6 is 11.3 Å². The molecule has 128 valence electrons. The number of halogens is 1. The van der Waals surface area contributed by atoms with Gasteiger partial charge >= 0.3 is 5.91 Å². The summed E-state index contributed by atoms with van der Waals surface area (Å²) in [4.78, 5) is 16.8. The lowest BCUT2D eigenvalue weighted by atomic mass is 10.3. The van der Waals surface area contributed by atoms with E-state index in [9.17, 15) is 9.18 Å². The highest BCUT2D eigenvalue weighted by Gasteiger charge is 2.15. The molecule has 2 heterocycles. The monoisotopic (exact) mass is 352 g/mol. The summed E-state index contributed by atoms with van der Waals surface area (Å²) in [5, 5.41) is 0. The minimum Gasteiger partial charge on any atom is -0.494 e. The van der Waals surface area contributed by atoms with Gasteiger partial charge in [0.15, 0.2) is 4.80 Å². The Balaban J connectivity index is 2.01. The number of hydrogen-bond acceptors (Lipinski definition) is 5. The number of ether oxygens (including phenoxy) is 3. The van der Waals surface area contributed by atoms with Crippen molar-refractivity contribution in [2.45, 2.75) is 13.5 Å². The van der Waals surface area contributed by atoms with Crippen molar-refractivity contribution in [1.82, 2.24) is 4.57 Å². The zero-order valence-corrected chi connectivity index (χ0v) is 14.0. The Kier molecular flexibility index (Phi) is 5.27. The first kappa shape index (κ1) is 16.7. The predicted octanol–water partition coefficient (Wildman–Crippen LogP) is 2.19. The number of carbonyl (C=O) groups excluding carboxylic acids is 1.